The summed E-state index contributed by atoms with van der Waals surface area (Å²) in [5.74, 6) is -2.00. The van der Waals surface area contributed by atoms with E-state index in [1.54, 1.807) is 6.92 Å². The Bertz CT molecular complexity index is 1110. The summed E-state index contributed by atoms with van der Waals surface area (Å²) in [5.41, 5.74) is -1.31. The largest absolute Gasteiger partial charge is 0.477 e. The molecule has 180 valence electrons. The number of carbonyl (C=O) groups is 3. The quantitative estimate of drug-likeness (QED) is 0.191. The van der Waals surface area contributed by atoms with E-state index in [1.165, 1.54) is 16.3 Å². The van der Waals surface area contributed by atoms with Crippen LogP contribution in [0.5, 0.6) is 0 Å². The summed E-state index contributed by atoms with van der Waals surface area (Å²) >= 11 is 2.38. The minimum absolute atomic E-state index is 0.0889. The van der Waals surface area contributed by atoms with Gasteiger partial charge in [-0.1, -0.05) is 25.6 Å². The number of nitrogens with one attached hydrogen (secondary N) is 2. The molecular formula is C19H25N5O7S2. The van der Waals surface area contributed by atoms with Crippen molar-refractivity contribution in [3.05, 3.63) is 32.0 Å². The van der Waals surface area contributed by atoms with Gasteiger partial charge < -0.3 is 15.5 Å². The van der Waals surface area contributed by atoms with Gasteiger partial charge in [0.15, 0.2) is 5.16 Å². The van der Waals surface area contributed by atoms with Gasteiger partial charge >= 0.3 is 17.1 Å². The predicted octanol–water partition coefficient (Wildman–Crippen LogP) is -0.811. The second-order valence-corrected chi connectivity index (χ2v) is 10.0. The molecule has 14 heteroatoms. The number of aromatic amines is 1. The molecule has 2 aliphatic rings. The van der Waals surface area contributed by atoms with Crippen molar-refractivity contribution in [2.24, 2.45) is 5.92 Å². The van der Waals surface area contributed by atoms with Crippen molar-refractivity contribution in [1.82, 2.24) is 25.0 Å². The number of rotatable bonds is 9. The molecule has 0 saturated carbocycles. The van der Waals surface area contributed by atoms with Crippen LogP contribution in [0.15, 0.2) is 26.0 Å². The monoisotopic (exact) mass is 499 g/mol. The summed E-state index contributed by atoms with van der Waals surface area (Å²) in [7, 11) is 0. The first kappa shape index (κ1) is 25.1. The number of β-lactam (4-membered cyclic amide) rings is 1. The normalized spacial score (nSPS) is 21.0. The molecule has 0 radical (unpaired) electrons. The molecule has 33 heavy (non-hydrogen) atoms. The van der Waals surface area contributed by atoms with Crippen LogP contribution in [0.4, 0.5) is 0 Å². The van der Waals surface area contributed by atoms with Crippen molar-refractivity contribution >= 4 is 41.3 Å². The van der Waals surface area contributed by atoms with Crippen LogP contribution in [0, 0.1) is 5.92 Å². The van der Waals surface area contributed by atoms with Gasteiger partial charge in [0.25, 0.3) is 5.91 Å². The van der Waals surface area contributed by atoms with Crippen molar-refractivity contribution in [2.75, 3.05) is 11.5 Å². The second-order valence-electron chi connectivity index (χ2n) is 7.97. The van der Waals surface area contributed by atoms with Crippen LogP contribution in [0.1, 0.15) is 27.2 Å². The first-order valence-corrected chi connectivity index (χ1v) is 12.3. The molecule has 1 fully saturated rings. The van der Waals surface area contributed by atoms with E-state index in [0.717, 1.165) is 16.7 Å². The number of nitrogens with zero attached hydrogens (tertiary/aromatic N) is 3. The van der Waals surface area contributed by atoms with E-state index < -0.39 is 46.4 Å². The molecule has 3 atom stereocenters. The Morgan fingerprint density at radius 3 is 2.64 bits per heavy atom. The van der Waals surface area contributed by atoms with Crippen molar-refractivity contribution in [1.29, 1.82) is 0 Å². The van der Waals surface area contributed by atoms with Crippen molar-refractivity contribution < 1.29 is 24.6 Å². The molecule has 0 bridgehead atoms. The Balaban J connectivity index is 1.76. The fourth-order valence-electron chi connectivity index (χ4n) is 3.55. The predicted molar refractivity (Wildman–Crippen MR) is 121 cm³/mol. The number of amides is 2. The maximum absolute atomic E-state index is 12.7. The fourth-order valence-corrected chi connectivity index (χ4v) is 6.05. The van der Waals surface area contributed by atoms with Crippen LogP contribution < -0.4 is 16.4 Å². The van der Waals surface area contributed by atoms with E-state index in [2.05, 4.69) is 15.5 Å². The highest BCUT2D eigenvalue weighted by Crippen LogP contribution is 2.41. The smallest absolute Gasteiger partial charge is 0.352 e. The van der Waals surface area contributed by atoms with E-state index in [9.17, 15) is 34.2 Å². The van der Waals surface area contributed by atoms with Crippen molar-refractivity contribution in [3.63, 3.8) is 0 Å². The maximum atomic E-state index is 12.7. The highest BCUT2D eigenvalue weighted by molar-refractivity contribution is 8.01. The molecule has 1 aromatic heterocycles. The standard InChI is InChI=1S/C19H25N5O7S2/c1-4-23-16(29)14(27)21-22-19(23)33-7-9-6-32-17-11(15(28)24(17)12(9)18(30)31)20-13(26)10(25)5-8(2)3/h8,10-11,17,25H,4-7H2,1-3H3,(H,20,26)(H,21,27)(H,30,31)/t10-,11-,17+/m1/s1. The zero-order chi connectivity index (χ0) is 24.4. The number of aromatic nitrogens is 3. The van der Waals surface area contributed by atoms with Gasteiger partial charge in [-0.25, -0.2) is 9.89 Å². The van der Waals surface area contributed by atoms with E-state index in [-0.39, 0.29) is 41.2 Å². The van der Waals surface area contributed by atoms with Crippen molar-refractivity contribution in [2.45, 2.75) is 56.4 Å². The Labute approximate surface area is 196 Å². The third kappa shape index (κ3) is 5.01. The summed E-state index contributed by atoms with van der Waals surface area (Å²) in [4.78, 5) is 61.5. The molecule has 3 rings (SSSR count). The Kier molecular flexibility index (Phi) is 7.69. The van der Waals surface area contributed by atoms with Gasteiger partial charge in [0.2, 0.25) is 5.91 Å². The zero-order valence-corrected chi connectivity index (χ0v) is 19.9. The Morgan fingerprint density at radius 2 is 2.03 bits per heavy atom. The molecule has 0 unspecified atom stereocenters. The first-order chi connectivity index (χ1) is 15.6. The lowest BCUT2D eigenvalue weighted by Gasteiger charge is -2.49. The van der Waals surface area contributed by atoms with Crippen LogP contribution in [-0.4, -0.2) is 76.7 Å². The summed E-state index contributed by atoms with van der Waals surface area (Å²) in [6, 6.07) is -0.918. The average molecular weight is 500 g/mol. The zero-order valence-electron chi connectivity index (χ0n) is 18.2. The number of hydrogen-bond acceptors (Lipinski definition) is 9. The molecular weight excluding hydrogens is 474 g/mol. The molecule has 3 heterocycles. The van der Waals surface area contributed by atoms with Gasteiger partial charge in [-0.05, 0) is 24.8 Å². The van der Waals surface area contributed by atoms with Crippen LogP contribution in [0.2, 0.25) is 0 Å². The number of aliphatic hydroxyl groups excluding tert-OH is 1. The first-order valence-electron chi connectivity index (χ1n) is 10.3. The van der Waals surface area contributed by atoms with Gasteiger partial charge in [-0.3, -0.25) is 28.6 Å². The van der Waals surface area contributed by atoms with Crippen LogP contribution in [0.3, 0.4) is 0 Å². The number of aliphatic carboxylic acids is 1. The Hall–Kier alpha value is -2.58. The lowest BCUT2D eigenvalue weighted by atomic mass is 10.0. The second kappa shape index (κ2) is 10.1. The number of carboxylic acids is 1. The molecule has 12 nitrogen and oxygen atoms in total. The summed E-state index contributed by atoms with van der Waals surface area (Å²) in [5, 5.41) is 27.9. The Morgan fingerprint density at radius 1 is 1.33 bits per heavy atom. The van der Waals surface area contributed by atoms with E-state index >= 15 is 0 Å². The molecule has 0 aromatic carbocycles. The number of thioether (sulfide) groups is 2. The molecule has 4 N–H and O–H groups in total. The minimum atomic E-state index is -1.28. The van der Waals surface area contributed by atoms with Crippen LogP contribution >= 0.6 is 23.5 Å². The van der Waals surface area contributed by atoms with E-state index in [4.69, 9.17) is 0 Å². The maximum Gasteiger partial charge on any atom is 0.352 e. The highest BCUT2D eigenvalue weighted by atomic mass is 32.2. The number of H-pyrrole nitrogens is 1. The van der Waals surface area contributed by atoms with Gasteiger partial charge in [0.1, 0.15) is 23.2 Å². The molecule has 2 amide bonds. The van der Waals surface area contributed by atoms with Crippen LogP contribution in [-0.2, 0) is 20.9 Å². The van der Waals surface area contributed by atoms with E-state index in [1.807, 2.05) is 13.8 Å². The molecule has 2 aliphatic heterocycles. The average Bonchev–Trinajstić information content (AvgIpc) is 2.76. The molecule has 1 saturated heterocycles. The van der Waals surface area contributed by atoms with E-state index in [0.29, 0.717) is 5.57 Å². The number of aliphatic hydroxyl groups is 1. The van der Waals surface area contributed by atoms with Gasteiger partial charge in [0, 0.05) is 18.1 Å². The molecule has 0 aliphatic carbocycles. The number of carbonyl (C=O) groups excluding carboxylic acids is 2. The summed E-state index contributed by atoms with van der Waals surface area (Å²) in [6.07, 6.45) is -1.000. The summed E-state index contributed by atoms with van der Waals surface area (Å²) in [6.45, 7) is 5.61. The number of hydrogen-bond donors (Lipinski definition) is 4. The highest BCUT2D eigenvalue weighted by Gasteiger charge is 2.54. The fraction of sp³-hybridized carbons (Fsp3) is 0.579. The van der Waals surface area contributed by atoms with Crippen molar-refractivity contribution in [3.8, 4) is 0 Å². The van der Waals surface area contributed by atoms with Gasteiger partial charge in [0.05, 0.1) is 0 Å². The summed E-state index contributed by atoms with van der Waals surface area (Å²) < 4.78 is 1.19. The topological polar surface area (TPSA) is 175 Å². The lowest BCUT2D eigenvalue weighted by molar-refractivity contribution is -0.151. The SMILES string of the molecule is CCn1c(SCC2=C(C(=O)O)N3C(=O)[C@@H](NC(=O)[C@H](O)CC(C)C)[C@@H]3SC2)n[nH]c(=O)c1=O. The third-order valence-electron chi connectivity index (χ3n) is 5.16. The van der Waals surface area contributed by atoms with Gasteiger partial charge in [-0.2, -0.15) is 0 Å². The lowest BCUT2D eigenvalue weighted by Crippen LogP contribution is -2.71. The molecule has 0 spiro atoms. The minimum Gasteiger partial charge on any atom is -0.477 e. The van der Waals surface area contributed by atoms with Crippen LogP contribution in [0.25, 0.3) is 0 Å². The molecule has 1 aromatic rings. The third-order valence-corrected chi connectivity index (χ3v) is 7.56. The van der Waals surface area contributed by atoms with Gasteiger partial charge in [-0.15, -0.1) is 16.9 Å². The number of fused-ring (bicyclic) bond motifs is 1. The number of carboxylic acid groups (broad SMARTS) is 1.